The highest BCUT2D eigenvalue weighted by Crippen LogP contribution is 2.30. The van der Waals surface area contributed by atoms with Gasteiger partial charge in [-0.3, -0.25) is 5.73 Å². The maximum atomic E-state index is 13.5. The van der Waals surface area contributed by atoms with E-state index in [1.807, 2.05) is 0 Å². The molecule has 1 rings (SSSR count). The molecule has 1 aliphatic heterocycles. The number of hydrogen-bond acceptors (Lipinski definition) is 7. The summed E-state index contributed by atoms with van der Waals surface area (Å²) in [6, 6.07) is -1.64. The molecule has 15 heavy (non-hydrogen) atoms. The molecule has 0 aliphatic carbocycles. The van der Waals surface area contributed by atoms with E-state index in [0.29, 0.717) is 0 Å². The van der Waals surface area contributed by atoms with E-state index in [0.717, 1.165) is 0 Å². The highest BCUT2D eigenvalue weighted by atomic mass is 19.1. The Morgan fingerprint density at radius 3 is 2.67 bits per heavy atom. The Kier molecular flexibility index (Phi) is 3.42. The fraction of sp³-hybridized carbons (Fsp3) is 1.00. The summed E-state index contributed by atoms with van der Waals surface area (Å²) in [5.74, 6) is 0. The van der Waals surface area contributed by atoms with Crippen molar-refractivity contribution < 1.29 is 14.2 Å². The molecule has 1 heterocycles. The van der Waals surface area contributed by atoms with Crippen LogP contribution in [0.25, 0.3) is 0 Å². The average molecular weight is 221 g/mol. The lowest BCUT2D eigenvalue weighted by molar-refractivity contribution is -0.198. The molecule has 1 fully saturated rings. The number of nitroso groups, excluding NO2 is 2. The highest BCUT2D eigenvalue weighted by molar-refractivity contribution is 5.03. The zero-order valence-corrected chi connectivity index (χ0v) is 8.04. The van der Waals surface area contributed by atoms with E-state index in [-0.39, 0.29) is 0 Å². The predicted molar refractivity (Wildman–Crippen MR) is 48.6 cm³/mol. The van der Waals surface area contributed by atoms with E-state index in [1.54, 1.807) is 0 Å². The smallest absolute Gasteiger partial charge is 0.170 e. The van der Waals surface area contributed by atoms with Crippen LogP contribution in [0.2, 0.25) is 0 Å². The Morgan fingerprint density at radius 2 is 2.20 bits per heavy atom. The molecule has 86 valence electrons. The van der Waals surface area contributed by atoms with Gasteiger partial charge in [-0.15, -0.1) is 0 Å². The molecule has 0 aromatic heterocycles. The van der Waals surface area contributed by atoms with Crippen LogP contribution in [0.4, 0.5) is 4.39 Å². The molecule has 0 bridgehead atoms. The number of nitrogens with two attached hydrogens (primary N) is 1. The number of aliphatic hydroxyl groups is 1. The Bertz CT molecular complexity index is 267. The first-order chi connectivity index (χ1) is 6.96. The van der Waals surface area contributed by atoms with Gasteiger partial charge in [0.05, 0.1) is 6.10 Å². The fourth-order valence-electron chi connectivity index (χ4n) is 1.58. The van der Waals surface area contributed by atoms with Gasteiger partial charge < -0.3 is 9.84 Å². The first-order valence-electron chi connectivity index (χ1n) is 4.36. The second-order valence-corrected chi connectivity index (χ2v) is 3.55. The fourth-order valence-corrected chi connectivity index (χ4v) is 1.58. The van der Waals surface area contributed by atoms with Crippen molar-refractivity contribution in [1.82, 2.24) is 0 Å². The predicted octanol–water partition coefficient (Wildman–Crippen LogP) is -0.340. The zero-order valence-electron chi connectivity index (χ0n) is 8.04. The van der Waals surface area contributed by atoms with Gasteiger partial charge in [-0.2, -0.15) is 9.81 Å². The summed E-state index contributed by atoms with van der Waals surface area (Å²) in [5.41, 5.74) is 3.63. The monoisotopic (exact) mass is 221 g/mol. The molecule has 0 amide bonds. The molecule has 0 aromatic rings. The average Bonchev–Trinajstić information content (AvgIpc) is 2.15. The van der Waals surface area contributed by atoms with Crippen molar-refractivity contribution in [3.63, 3.8) is 0 Å². The molecule has 8 heteroatoms. The van der Waals surface area contributed by atoms with E-state index in [9.17, 15) is 19.3 Å². The van der Waals surface area contributed by atoms with Crippen LogP contribution >= 0.6 is 0 Å². The Morgan fingerprint density at radius 1 is 1.60 bits per heavy atom. The minimum absolute atomic E-state index is 0.596. The van der Waals surface area contributed by atoms with Crippen LogP contribution < -0.4 is 5.73 Å². The Labute approximate surface area is 84.7 Å². The van der Waals surface area contributed by atoms with E-state index in [1.165, 1.54) is 6.92 Å². The number of alkyl halides is 1. The molecular weight excluding hydrogens is 209 g/mol. The van der Waals surface area contributed by atoms with Crippen molar-refractivity contribution >= 4 is 0 Å². The van der Waals surface area contributed by atoms with Crippen LogP contribution in [-0.4, -0.2) is 41.8 Å². The van der Waals surface area contributed by atoms with Crippen molar-refractivity contribution in [3.8, 4) is 0 Å². The molecule has 0 saturated carbocycles. The van der Waals surface area contributed by atoms with Gasteiger partial charge >= 0.3 is 0 Å². The van der Waals surface area contributed by atoms with E-state index >= 15 is 0 Å². The number of halogens is 1. The lowest BCUT2D eigenvalue weighted by Crippen LogP contribution is -2.67. The van der Waals surface area contributed by atoms with Gasteiger partial charge in [0.25, 0.3) is 0 Å². The summed E-state index contributed by atoms with van der Waals surface area (Å²) in [6.07, 6.45) is -4.38. The first kappa shape index (κ1) is 12.1. The van der Waals surface area contributed by atoms with Gasteiger partial charge in [-0.05, 0) is 6.92 Å². The first-order valence-corrected chi connectivity index (χ1v) is 4.36. The summed E-state index contributed by atoms with van der Waals surface area (Å²) in [4.78, 5) is 20.5. The topological polar surface area (TPSA) is 114 Å². The SMILES string of the molecule is CC1OC(N)(CN=O)C(N=O)C(F)C1O. The molecule has 1 aliphatic rings. The molecule has 0 aromatic carbocycles. The van der Waals surface area contributed by atoms with Crippen LogP contribution in [0.1, 0.15) is 6.92 Å². The summed E-state index contributed by atoms with van der Waals surface area (Å²) in [5, 5.41) is 14.2. The van der Waals surface area contributed by atoms with E-state index < -0.39 is 36.7 Å². The van der Waals surface area contributed by atoms with Crippen molar-refractivity contribution in [3.05, 3.63) is 9.81 Å². The maximum Gasteiger partial charge on any atom is 0.170 e. The Hall–Kier alpha value is -0.990. The van der Waals surface area contributed by atoms with Crippen LogP contribution in [0.15, 0.2) is 10.4 Å². The van der Waals surface area contributed by atoms with Crippen molar-refractivity contribution in [1.29, 1.82) is 0 Å². The number of aliphatic hydroxyl groups excluding tert-OH is 1. The number of rotatable bonds is 3. The third-order valence-corrected chi connectivity index (χ3v) is 2.44. The van der Waals surface area contributed by atoms with Crippen LogP contribution in [0.3, 0.4) is 0 Å². The lowest BCUT2D eigenvalue weighted by Gasteiger charge is -2.42. The number of ether oxygens (including phenoxy) is 1. The lowest BCUT2D eigenvalue weighted by atomic mass is 9.91. The molecule has 3 N–H and O–H groups in total. The molecule has 5 unspecified atom stereocenters. The van der Waals surface area contributed by atoms with Crippen molar-refractivity contribution in [2.45, 2.75) is 37.1 Å². The Balaban J connectivity index is 2.95. The normalized spacial score (nSPS) is 46.1. The number of nitrogens with zero attached hydrogens (tertiary/aromatic N) is 2. The molecule has 0 spiro atoms. The van der Waals surface area contributed by atoms with Gasteiger partial charge in [-0.1, -0.05) is 10.4 Å². The zero-order chi connectivity index (χ0) is 11.6. The molecule has 1 saturated heterocycles. The highest BCUT2D eigenvalue weighted by Gasteiger charge is 2.53. The van der Waals surface area contributed by atoms with Gasteiger partial charge in [0.2, 0.25) is 0 Å². The molecule has 5 atom stereocenters. The third kappa shape index (κ3) is 2.01. The largest absolute Gasteiger partial charge is 0.387 e. The standard InChI is InChI=1S/C7H12FN3O4/c1-3-5(12)4(8)6(11-14)7(9,15-3)2-10-13/h3-6,12H,2,9H2,1H3. The second-order valence-electron chi connectivity index (χ2n) is 3.55. The summed E-state index contributed by atoms with van der Waals surface area (Å²) in [7, 11) is 0. The maximum absolute atomic E-state index is 13.5. The van der Waals surface area contributed by atoms with Crippen LogP contribution in [-0.2, 0) is 4.74 Å². The van der Waals surface area contributed by atoms with E-state index in [2.05, 4.69) is 10.4 Å². The summed E-state index contributed by atoms with van der Waals surface area (Å²) in [6.45, 7) is 0.783. The van der Waals surface area contributed by atoms with Crippen LogP contribution in [0, 0.1) is 9.81 Å². The molecule has 7 nitrogen and oxygen atoms in total. The van der Waals surface area contributed by atoms with Gasteiger partial charge in [0, 0.05) is 0 Å². The second kappa shape index (κ2) is 4.25. The quantitative estimate of drug-likeness (QED) is 0.632. The summed E-state index contributed by atoms with van der Waals surface area (Å²) < 4.78 is 18.5. The van der Waals surface area contributed by atoms with Crippen LogP contribution in [0.5, 0.6) is 0 Å². The summed E-state index contributed by atoms with van der Waals surface area (Å²) >= 11 is 0. The minimum Gasteiger partial charge on any atom is -0.387 e. The van der Waals surface area contributed by atoms with Gasteiger partial charge in [0.15, 0.2) is 17.9 Å². The molecular formula is C7H12FN3O4. The third-order valence-electron chi connectivity index (χ3n) is 2.44. The number of hydrogen-bond donors (Lipinski definition) is 2. The van der Waals surface area contributed by atoms with E-state index in [4.69, 9.17) is 10.5 Å². The van der Waals surface area contributed by atoms with Gasteiger partial charge in [-0.25, -0.2) is 4.39 Å². The van der Waals surface area contributed by atoms with Gasteiger partial charge in [0.1, 0.15) is 12.6 Å². The van der Waals surface area contributed by atoms with Crippen molar-refractivity contribution in [2.75, 3.05) is 6.54 Å². The minimum atomic E-state index is -1.96. The molecule has 0 radical (unpaired) electrons. The van der Waals surface area contributed by atoms with Crippen molar-refractivity contribution in [2.24, 2.45) is 16.1 Å².